The Hall–Kier alpha value is -2.49. The zero-order valence-electron chi connectivity index (χ0n) is 14.7. The van der Waals surface area contributed by atoms with E-state index in [1.165, 1.54) is 36.5 Å². The summed E-state index contributed by atoms with van der Waals surface area (Å²) in [5.74, 6) is 0.00826. The van der Waals surface area contributed by atoms with Gasteiger partial charge < -0.3 is 10.2 Å². The molecule has 2 N–H and O–H groups in total. The number of phenolic OH excluding ortho intramolecular Hbond substituents is 2. The zero-order valence-corrected chi connectivity index (χ0v) is 18.7. The topological polar surface area (TPSA) is 99.3 Å². The van der Waals surface area contributed by atoms with Crippen molar-refractivity contribution in [3.05, 3.63) is 80.7 Å². The van der Waals surface area contributed by atoms with Gasteiger partial charge in [0.1, 0.15) is 11.5 Å². The highest BCUT2D eigenvalue weighted by atomic mass is 79.9. The van der Waals surface area contributed by atoms with Crippen molar-refractivity contribution in [1.82, 2.24) is 0 Å². The maximum atomic E-state index is 12.4. The normalized spacial score (nSPS) is 12.1. The second kappa shape index (κ2) is 8.89. The van der Waals surface area contributed by atoms with E-state index in [2.05, 4.69) is 41.3 Å². The highest BCUT2D eigenvalue weighted by molar-refractivity contribution is 9.10. The Morgan fingerprint density at radius 2 is 1.28 bits per heavy atom. The van der Waals surface area contributed by atoms with E-state index in [1.807, 2.05) is 0 Å². The Labute approximate surface area is 184 Å². The van der Waals surface area contributed by atoms with Crippen LogP contribution in [0, 0.1) is 0 Å². The maximum absolute atomic E-state index is 12.4. The molecule has 0 saturated heterocycles. The van der Waals surface area contributed by atoms with Gasteiger partial charge in [-0.1, -0.05) is 31.9 Å². The molecule has 0 aromatic heterocycles. The molecule has 3 aromatic carbocycles. The average molecular weight is 538 g/mol. The molecule has 6 nitrogen and oxygen atoms in total. The molecule has 0 aliphatic heterocycles. The quantitative estimate of drug-likeness (QED) is 0.438. The molecule has 0 spiro atoms. The van der Waals surface area contributed by atoms with Crippen LogP contribution in [0.1, 0.15) is 11.1 Å². The molecule has 0 bridgehead atoms. The molecule has 148 valence electrons. The number of rotatable bonds is 5. The monoisotopic (exact) mass is 536 g/mol. The van der Waals surface area contributed by atoms with E-state index in [0.29, 0.717) is 15.7 Å². The molecular formula is C20H14Br2N2O4S. The molecule has 9 heteroatoms. The predicted molar refractivity (Wildman–Crippen MR) is 120 cm³/mol. The number of hydrogen-bond donors (Lipinski definition) is 2. The number of aliphatic imine (C=N–C) groups is 1. The molecule has 0 heterocycles. The second-order valence-electron chi connectivity index (χ2n) is 5.87. The lowest BCUT2D eigenvalue weighted by Gasteiger charge is -2.02. The molecule has 3 aromatic rings. The fourth-order valence-corrected chi connectivity index (χ4v) is 3.90. The molecule has 0 aliphatic carbocycles. The summed E-state index contributed by atoms with van der Waals surface area (Å²) in [7, 11) is -3.94. The summed E-state index contributed by atoms with van der Waals surface area (Å²) in [4.78, 5) is 4.23. The third-order valence-corrected chi connectivity index (χ3v) is 6.03. The van der Waals surface area contributed by atoms with Crippen LogP contribution < -0.4 is 0 Å². The van der Waals surface area contributed by atoms with Gasteiger partial charge in [0, 0.05) is 26.3 Å². The standard InChI is InChI=1S/C20H14Br2N2O4S/c21-15-1-7-19(25)13(9-15)11-23-17-3-5-18(6-4-17)29(27,28)24-12-14-10-16(22)2-8-20(14)26/h1-12,25-26H/b23-11?,24-12+. The third kappa shape index (κ3) is 5.53. The minimum absolute atomic E-state index is 0.00695. The molecule has 0 unspecified atom stereocenters. The lowest BCUT2D eigenvalue weighted by molar-refractivity contribution is 0.474. The second-order valence-corrected chi connectivity index (χ2v) is 9.33. The van der Waals surface area contributed by atoms with Crippen molar-refractivity contribution in [3.63, 3.8) is 0 Å². The van der Waals surface area contributed by atoms with Crippen LogP contribution in [0.25, 0.3) is 0 Å². The number of aromatic hydroxyl groups is 2. The summed E-state index contributed by atoms with van der Waals surface area (Å²) >= 11 is 6.58. The summed E-state index contributed by atoms with van der Waals surface area (Å²) in [6, 6.07) is 15.4. The summed E-state index contributed by atoms with van der Waals surface area (Å²) in [6.45, 7) is 0. The summed E-state index contributed by atoms with van der Waals surface area (Å²) < 4.78 is 29.9. The van der Waals surface area contributed by atoms with Crippen molar-refractivity contribution in [2.24, 2.45) is 9.39 Å². The van der Waals surface area contributed by atoms with Crippen LogP contribution in [0.4, 0.5) is 5.69 Å². The Balaban J connectivity index is 1.80. The van der Waals surface area contributed by atoms with Crippen molar-refractivity contribution in [2.45, 2.75) is 4.90 Å². The lowest BCUT2D eigenvalue weighted by atomic mass is 10.2. The summed E-state index contributed by atoms with van der Waals surface area (Å²) in [5, 5.41) is 19.6. The molecule has 0 aliphatic rings. The number of benzene rings is 3. The lowest BCUT2D eigenvalue weighted by Crippen LogP contribution is -1.97. The van der Waals surface area contributed by atoms with Gasteiger partial charge in [-0.25, -0.2) is 0 Å². The molecule has 0 radical (unpaired) electrons. The fraction of sp³-hybridized carbons (Fsp3) is 0. The highest BCUT2D eigenvalue weighted by Crippen LogP contribution is 2.23. The number of hydrogen-bond acceptors (Lipinski definition) is 5. The Kier molecular flexibility index (Phi) is 6.51. The van der Waals surface area contributed by atoms with Gasteiger partial charge in [0.25, 0.3) is 10.0 Å². The van der Waals surface area contributed by atoms with E-state index in [1.54, 1.807) is 30.3 Å². The Morgan fingerprint density at radius 1 is 0.759 bits per heavy atom. The van der Waals surface area contributed by atoms with E-state index >= 15 is 0 Å². The van der Waals surface area contributed by atoms with Crippen LogP contribution in [0.3, 0.4) is 0 Å². The average Bonchev–Trinajstić information content (AvgIpc) is 2.70. The van der Waals surface area contributed by atoms with Crippen molar-refractivity contribution in [1.29, 1.82) is 0 Å². The summed E-state index contributed by atoms with van der Waals surface area (Å²) in [5.41, 5.74) is 1.31. The van der Waals surface area contributed by atoms with Crippen LogP contribution in [-0.2, 0) is 10.0 Å². The van der Waals surface area contributed by atoms with E-state index in [0.717, 1.165) is 10.7 Å². The SMILES string of the molecule is O=S(=O)(/N=C/c1cc(Br)ccc1O)c1ccc(N=Cc2cc(Br)ccc2O)cc1. The van der Waals surface area contributed by atoms with Gasteiger partial charge in [-0.3, -0.25) is 4.99 Å². The van der Waals surface area contributed by atoms with E-state index < -0.39 is 10.0 Å². The smallest absolute Gasteiger partial charge is 0.282 e. The molecule has 0 amide bonds. The summed E-state index contributed by atoms with van der Waals surface area (Å²) in [6.07, 6.45) is 2.58. The van der Waals surface area contributed by atoms with Crippen LogP contribution in [0.2, 0.25) is 0 Å². The van der Waals surface area contributed by atoms with E-state index in [4.69, 9.17) is 0 Å². The first-order chi connectivity index (χ1) is 13.7. The number of nitrogens with zero attached hydrogens (tertiary/aromatic N) is 2. The first-order valence-electron chi connectivity index (χ1n) is 8.16. The number of sulfonamides is 1. The van der Waals surface area contributed by atoms with Crippen LogP contribution in [0.15, 0.2) is 83.9 Å². The highest BCUT2D eigenvalue weighted by Gasteiger charge is 2.12. The largest absolute Gasteiger partial charge is 0.507 e. The van der Waals surface area contributed by atoms with Crippen molar-refractivity contribution >= 4 is 60.0 Å². The molecular weight excluding hydrogens is 524 g/mol. The molecule has 0 atom stereocenters. The number of phenols is 2. The van der Waals surface area contributed by atoms with Gasteiger partial charge in [-0.05, 0) is 60.7 Å². The maximum Gasteiger partial charge on any atom is 0.282 e. The van der Waals surface area contributed by atoms with Crippen LogP contribution >= 0.6 is 31.9 Å². The van der Waals surface area contributed by atoms with Gasteiger partial charge in [-0.2, -0.15) is 12.8 Å². The first-order valence-corrected chi connectivity index (χ1v) is 11.2. The Bertz CT molecular complexity index is 1210. The van der Waals surface area contributed by atoms with Gasteiger partial charge in [-0.15, -0.1) is 0 Å². The fourth-order valence-electron chi connectivity index (χ4n) is 2.29. The predicted octanol–water partition coefficient (Wildman–Crippen LogP) is 5.18. The van der Waals surface area contributed by atoms with Crippen molar-refractivity contribution < 1.29 is 18.6 Å². The number of halogens is 2. The minimum Gasteiger partial charge on any atom is -0.507 e. The molecule has 3 rings (SSSR count). The van der Waals surface area contributed by atoms with Crippen LogP contribution in [-0.4, -0.2) is 31.1 Å². The zero-order chi connectivity index (χ0) is 21.0. The third-order valence-electron chi connectivity index (χ3n) is 3.80. The molecule has 0 fully saturated rings. The van der Waals surface area contributed by atoms with Gasteiger partial charge in [0.05, 0.1) is 16.8 Å². The van der Waals surface area contributed by atoms with Gasteiger partial charge in [0.2, 0.25) is 0 Å². The van der Waals surface area contributed by atoms with Crippen molar-refractivity contribution in [2.75, 3.05) is 0 Å². The minimum atomic E-state index is -3.94. The van der Waals surface area contributed by atoms with Gasteiger partial charge in [0.15, 0.2) is 0 Å². The van der Waals surface area contributed by atoms with Gasteiger partial charge >= 0.3 is 0 Å². The van der Waals surface area contributed by atoms with Crippen LogP contribution in [0.5, 0.6) is 11.5 Å². The van der Waals surface area contributed by atoms with Crippen molar-refractivity contribution in [3.8, 4) is 11.5 Å². The molecule has 0 saturated carbocycles. The first kappa shape index (κ1) is 21.2. The Morgan fingerprint density at radius 3 is 1.83 bits per heavy atom. The molecule has 29 heavy (non-hydrogen) atoms. The van der Waals surface area contributed by atoms with E-state index in [9.17, 15) is 18.6 Å². The van der Waals surface area contributed by atoms with E-state index in [-0.39, 0.29) is 22.0 Å².